The summed E-state index contributed by atoms with van der Waals surface area (Å²) < 4.78 is 6.33. The summed E-state index contributed by atoms with van der Waals surface area (Å²) in [6.07, 6.45) is 10.4. The van der Waals surface area contributed by atoms with Gasteiger partial charge in [0.25, 0.3) is 0 Å². The number of nitriles is 1. The fraction of sp³-hybridized carbons (Fsp3) is 0.562. The number of ether oxygens (including phenoxy) is 1. The van der Waals surface area contributed by atoms with Gasteiger partial charge in [0.2, 0.25) is 5.91 Å². The number of anilines is 1. The van der Waals surface area contributed by atoms with Crippen LogP contribution in [0.5, 0.6) is 6.01 Å². The van der Waals surface area contributed by atoms with Crippen molar-refractivity contribution in [3.63, 3.8) is 0 Å². The molecule has 1 spiro atoms. The second kappa shape index (κ2) is 11.2. The Bertz CT molecular complexity index is 1320. The second-order valence-corrected chi connectivity index (χ2v) is 12.0. The Kier molecular flexibility index (Phi) is 7.50. The van der Waals surface area contributed by atoms with E-state index in [0.717, 1.165) is 50.2 Å². The monoisotopic (exact) mass is 540 g/mol. The minimum Gasteiger partial charge on any atom is -0.462 e. The number of rotatable bonds is 6. The summed E-state index contributed by atoms with van der Waals surface area (Å²) in [6.45, 7) is 7.11. The van der Waals surface area contributed by atoms with E-state index in [1.165, 1.54) is 42.0 Å². The van der Waals surface area contributed by atoms with Gasteiger partial charge in [0.15, 0.2) is 0 Å². The lowest BCUT2D eigenvalue weighted by molar-refractivity contribution is -0.128. The first-order chi connectivity index (χ1) is 19.5. The molecule has 210 valence electrons. The van der Waals surface area contributed by atoms with Crippen LogP contribution >= 0.6 is 0 Å². The van der Waals surface area contributed by atoms with E-state index >= 15 is 0 Å². The van der Waals surface area contributed by atoms with E-state index in [0.29, 0.717) is 38.3 Å². The molecule has 0 bridgehead atoms. The molecular formula is C32H40N6O2. The number of carbonyl (C=O) groups is 1. The SMILES string of the molecule is C=CC(=O)N1CCN(c2nc(OC[C@@H]3CCCN3C)nc3c2CC[C@]2(CCCc4ccccc42)C3)C[C@@H]1CC#N. The van der Waals surface area contributed by atoms with Gasteiger partial charge in [0.05, 0.1) is 24.2 Å². The number of fused-ring (bicyclic) bond motifs is 3. The van der Waals surface area contributed by atoms with Crippen molar-refractivity contribution >= 4 is 11.7 Å². The summed E-state index contributed by atoms with van der Waals surface area (Å²) in [5.74, 6) is 0.805. The summed E-state index contributed by atoms with van der Waals surface area (Å²) >= 11 is 0. The first-order valence-corrected chi connectivity index (χ1v) is 14.9. The summed E-state index contributed by atoms with van der Waals surface area (Å²) in [6, 6.07) is 11.9. The zero-order valence-electron chi connectivity index (χ0n) is 23.6. The number of aromatic nitrogens is 2. The lowest BCUT2D eigenvalue weighted by Crippen LogP contribution is -2.55. The van der Waals surface area contributed by atoms with Gasteiger partial charge in [-0.1, -0.05) is 30.8 Å². The smallest absolute Gasteiger partial charge is 0.318 e. The van der Waals surface area contributed by atoms with Crippen LogP contribution in [0.25, 0.3) is 0 Å². The molecule has 0 N–H and O–H groups in total. The van der Waals surface area contributed by atoms with E-state index in [1.807, 2.05) is 0 Å². The number of hydrogen-bond acceptors (Lipinski definition) is 7. The molecule has 2 aliphatic carbocycles. The van der Waals surface area contributed by atoms with Gasteiger partial charge < -0.3 is 19.4 Å². The number of piperazine rings is 1. The van der Waals surface area contributed by atoms with Gasteiger partial charge in [-0.05, 0) is 82.2 Å². The van der Waals surface area contributed by atoms with E-state index in [-0.39, 0.29) is 23.8 Å². The van der Waals surface area contributed by atoms with Crippen LogP contribution < -0.4 is 9.64 Å². The Hall–Kier alpha value is -3.44. The Morgan fingerprint density at radius 2 is 2.05 bits per heavy atom. The molecule has 3 heterocycles. The van der Waals surface area contributed by atoms with E-state index in [1.54, 1.807) is 4.90 Å². The molecule has 8 heteroatoms. The van der Waals surface area contributed by atoms with Crippen LogP contribution in [0.4, 0.5) is 5.82 Å². The fourth-order valence-corrected chi connectivity index (χ4v) is 7.54. The third kappa shape index (κ3) is 4.96. The summed E-state index contributed by atoms with van der Waals surface area (Å²) in [4.78, 5) is 29.0. The highest BCUT2D eigenvalue weighted by molar-refractivity contribution is 5.87. The molecule has 1 aromatic heterocycles. The lowest BCUT2D eigenvalue weighted by Gasteiger charge is -2.44. The van der Waals surface area contributed by atoms with E-state index < -0.39 is 0 Å². The van der Waals surface area contributed by atoms with Gasteiger partial charge in [0.1, 0.15) is 12.4 Å². The van der Waals surface area contributed by atoms with Crippen molar-refractivity contribution in [2.45, 2.75) is 75.3 Å². The maximum Gasteiger partial charge on any atom is 0.318 e. The summed E-state index contributed by atoms with van der Waals surface area (Å²) in [5.41, 5.74) is 5.39. The number of amides is 1. The molecule has 1 amide bonds. The average molecular weight is 541 g/mol. The number of hydrogen-bond donors (Lipinski definition) is 0. The van der Waals surface area contributed by atoms with Gasteiger partial charge in [-0.3, -0.25) is 4.79 Å². The van der Waals surface area contributed by atoms with Crippen molar-refractivity contribution in [3.05, 3.63) is 59.3 Å². The second-order valence-electron chi connectivity index (χ2n) is 12.0. The minimum absolute atomic E-state index is 0.106. The van der Waals surface area contributed by atoms with Crippen LogP contribution in [0.3, 0.4) is 0 Å². The van der Waals surface area contributed by atoms with Crippen molar-refractivity contribution < 1.29 is 9.53 Å². The van der Waals surface area contributed by atoms with E-state index in [2.05, 4.69) is 53.8 Å². The Balaban J connectivity index is 1.34. The van der Waals surface area contributed by atoms with Gasteiger partial charge in [-0.25, -0.2) is 0 Å². The van der Waals surface area contributed by atoms with Crippen LogP contribution in [0.2, 0.25) is 0 Å². The minimum atomic E-state index is -0.202. The van der Waals surface area contributed by atoms with E-state index in [9.17, 15) is 10.1 Å². The molecule has 40 heavy (non-hydrogen) atoms. The topological polar surface area (TPSA) is 85.6 Å². The molecule has 2 aliphatic heterocycles. The molecule has 4 aliphatic rings. The number of likely N-dealkylation sites (tertiary alicyclic amines) is 1. The maximum absolute atomic E-state index is 12.5. The Labute approximate surface area is 237 Å². The predicted molar refractivity (Wildman–Crippen MR) is 154 cm³/mol. The van der Waals surface area contributed by atoms with Gasteiger partial charge in [-0.15, -0.1) is 0 Å². The third-order valence-electron chi connectivity index (χ3n) is 9.74. The zero-order valence-corrected chi connectivity index (χ0v) is 23.6. The van der Waals surface area contributed by atoms with Crippen LogP contribution in [0, 0.1) is 11.3 Å². The number of benzene rings is 1. The molecular weight excluding hydrogens is 500 g/mol. The third-order valence-corrected chi connectivity index (χ3v) is 9.74. The number of carbonyl (C=O) groups excluding carboxylic acids is 1. The molecule has 2 aromatic rings. The van der Waals surface area contributed by atoms with Crippen LogP contribution in [-0.4, -0.2) is 77.6 Å². The highest BCUT2D eigenvalue weighted by atomic mass is 16.5. The number of nitrogens with zero attached hydrogens (tertiary/aromatic N) is 6. The fourth-order valence-electron chi connectivity index (χ4n) is 7.54. The predicted octanol–water partition coefficient (Wildman–Crippen LogP) is 3.83. The van der Waals surface area contributed by atoms with Gasteiger partial charge in [-0.2, -0.15) is 15.2 Å². The first-order valence-electron chi connectivity index (χ1n) is 14.9. The van der Waals surface area contributed by atoms with E-state index in [4.69, 9.17) is 14.7 Å². The molecule has 3 atom stereocenters. The first kappa shape index (κ1) is 26.8. The summed E-state index contributed by atoms with van der Waals surface area (Å²) in [7, 11) is 2.16. The zero-order chi connectivity index (χ0) is 27.7. The van der Waals surface area contributed by atoms with Crippen molar-refractivity contribution in [2.24, 2.45) is 0 Å². The van der Waals surface area contributed by atoms with Gasteiger partial charge in [0, 0.05) is 36.7 Å². The number of likely N-dealkylation sites (N-methyl/N-ethyl adjacent to an activating group) is 1. The molecule has 0 saturated carbocycles. The molecule has 8 nitrogen and oxygen atoms in total. The quantitative estimate of drug-likeness (QED) is 0.515. The summed E-state index contributed by atoms with van der Waals surface area (Å²) in [5, 5.41) is 9.52. The average Bonchev–Trinajstić information content (AvgIpc) is 3.40. The highest BCUT2D eigenvalue weighted by Gasteiger charge is 2.42. The Morgan fingerprint density at radius 1 is 1.18 bits per heavy atom. The normalized spacial score (nSPS) is 26.2. The Morgan fingerprint density at radius 3 is 2.85 bits per heavy atom. The molecule has 0 radical (unpaired) electrons. The molecule has 0 unspecified atom stereocenters. The van der Waals surface area contributed by atoms with Gasteiger partial charge >= 0.3 is 6.01 Å². The number of aryl methyl sites for hydroxylation is 1. The highest BCUT2D eigenvalue weighted by Crippen LogP contribution is 2.47. The maximum atomic E-state index is 12.5. The molecule has 6 rings (SSSR count). The molecule has 1 aromatic carbocycles. The molecule has 2 saturated heterocycles. The van der Waals surface area contributed by atoms with Crippen molar-refractivity contribution in [1.29, 1.82) is 5.26 Å². The van der Waals surface area contributed by atoms with Crippen LogP contribution in [0.1, 0.15) is 60.9 Å². The van der Waals surface area contributed by atoms with Crippen molar-refractivity contribution in [1.82, 2.24) is 19.8 Å². The van der Waals surface area contributed by atoms with Crippen LogP contribution in [-0.2, 0) is 29.5 Å². The molecule has 2 fully saturated rings. The van der Waals surface area contributed by atoms with Crippen molar-refractivity contribution in [2.75, 3.05) is 44.7 Å². The standard InChI is InChI=1S/C32H40N6O2/c1-3-29(39)38-19-18-37(21-24(38)13-16-33)30-26-12-15-32(14-6-9-23-8-4-5-11-27(23)32)20-28(26)34-31(35-30)40-22-25-10-7-17-36(25)2/h3-5,8,11,24-25H,1,6-7,9-10,12-15,17-22H2,2H3/t24-,25-,32+/m0/s1. The van der Waals surface area contributed by atoms with Crippen LogP contribution in [0.15, 0.2) is 36.9 Å². The largest absolute Gasteiger partial charge is 0.462 e. The lowest BCUT2D eigenvalue weighted by atomic mass is 9.62. The van der Waals surface area contributed by atoms with Crippen molar-refractivity contribution in [3.8, 4) is 12.1 Å².